The quantitative estimate of drug-likeness (QED) is 0.468. The zero-order valence-corrected chi connectivity index (χ0v) is 24.0. The van der Waals surface area contributed by atoms with Gasteiger partial charge in [-0.15, -0.1) is 0 Å². The average molecular weight is 644 g/mol. The maximum atomic E-state index is 13.0. The van der Waals surface area contributed by atoms with Gasteiger partial charge in [-0.05, 0) is 32.2 Å². The Bertz CT molecular complexity index is 1130. The second kappa shape index (κ2) is 14.7. The summed E-state index contributed by atoms with van der Waals surface area (Å²) in [4.78, 5) is 47.2. The van der Waals surface area contributed by atoms with Crippen molar-refractivity contribution in [3.8, 4) is 0 Å². The van der Waals surface area contributed by atoms with Crippen LogP contribution in [-0.2, 0) is 35.9 Å². The average Bonchev–Trinajstić information content (AvgIpc) is 3.38. The van der Waals surface area contributed by atoms with E-state index in [1.54, 1.807) is 0 Å². The van der Waals surface area contributed by atoms with Crippen molar-refractivity contribution < 1.29 is 60.4 Å². The molecular formula is C26H35F6N5O7. The van der Waals surface area contributed by atoms with Crippen LogP contribution in [0.1, 0.15) is 36.9 Å². The molecule has 4 aliphatic heterocycles. The molecule has 1 aromatic rings. The number of rotatable bonds is 3. The lowest BCUT2D eigenvalue weighted by Crippen LogP contribution is -2.46. The third-order valence-corrected chi connectivity index (χ3v) is 7.77. The van der Waals surface area contributed by atoms with Crippen LogP contribution in [0.25, 0.3) is 0 Å². The van der Waals surface area contributed by atoms with Gasteiger partial charge in [-0.1, -0.05) is 0 Å². The number of fused-ring (bicyclic) bond motifs is 2. The highest BCUT2D eigenvalue weighted by atomic mass is 19.4. The van der Waals surface area contributed by atoms with E-state index in [1.165, 1.54) is 0 Å². The molecule has 1 amide bonds. The molecule has 3 fully saturated rings. The van der Waals surface area contributed by atoms with Gasteiger partial charge in [0.15, 0.2) is 0 Å². The Labute approximate surface area is 248 Å². The summed E-state index contributed by atoms with van der Waals surface area (Å²) in [6.45, 7) is 8.25. The summed E-state index contributed by atoms with van der Waals surface area (Å²) in [6, 6.07) is 0. The number of hydrogen-bond acceptors (Lipinski definition) is 9. The number of carboxylic acids is 2. The smallest absolute Gasteiger partial charge is 0.475 e. The Hall–Kier alpha value is -3.25. The Morgan fingerprint density at radius 3 is 2.07 bits per heavy atom. The standard InChI is InChI=1S/C22H33N5O3.2C2HF3O2/c1-25-6-8-26(9-7-25)21-23-13-18-14-30-16-22(20(18)24-21)4-5-27(15-22)19(28)12-17-2-10-29-11-3-17;2*3-2(4,5)1(6)7/h13,17H,2-12,14-16H2,1H3;2*(H,6,7). The third-order valence-electron chi connectivity index (χ3n) is 7.77. The van der Waals surface area contributed by atoms with Gasteiger partial charge in [-0.25, -0.2) is 19.6 Å². The molecule has 1 spiro atoms. The van der Waals surface area contributed by atoms with Crippen LogP contribution < -0.4 is 4.90 Å². The van der Waals surface area contributed by atoms with Gasteiger partial charge in [-0.2, -0.15) is 26.3 Å². The van der Waals surface area contributed by atoms with Crippen molar-refractivity contribution in [2.45, 2.75) is 50.1 Å². The SMILES string of the molecule is CN1CCN(c2ncc3c(n2)C2(CCN(C(=O)CC4CCOCC4)C2)COC3)CC1.O=C(O)C(F)(F)F.O=C(O)C(F)(F)F. The van der Waals surface area contributed by atoms with E-state index < -0.39 is 24.3 Å². The maximum absolute atomic E-state index is 13.0. The van der Waals surface area contributed by atoms with Crippen LogP contribution in [0.15, 0.2) is 6.20 Å². The molecule has 44 heavy (non-hydrogen) atoms. The largest absolute Gasteiger partial charge is 0.490 e. The van der Waals surface area contributed by atoms with Gasteiger partial charge in [-0.3, -0.25) is 4.79 Å². The van der Waals surface area contributed by atoms with Crippen molar-refractivity contribution in [3.63, 3.8) is 0 Å². The van der Waals surface area contributed by atoms with Gasteiger partial charge in [0.05, 0.1) is 24.3 Å². The topological polar surface area (TPSA) is 146 Å². The van der Waals surface area contributed by atoms with Crippen molar-refractivity contribution in [3.05, 3.63) is 17.5 Å². The first-order valence-electron chi connectivity index (χ1n) is 13.9. The van der Waals surface area contributed by atoms with Crippen molar-refractivity contribution in [2.75, 3.05) is 71.0 Å². The highest BCUT2D eigenvalue weighted by Gasteiger charge is 2.46. The highest BCUT2D eigenvalue weighted by Crippen LogP contribution is 2.40. The lowest BCUT2D eigenvalue weighted by atomic mass is 9.80. The highest BCUT2D eigenvalue weighted by molar-refractivity contribution is 5.77. The molecule has 1 unspecified atom stereocenters. The Morgan fingerprint density at radius 1 is 0.955 bits per heavy atom. The molecular weight excluding hydrogens is 608 g/mol. The number of nitrogens with zero attached hydrogens (tertiary/aromatic N) is 5. The van der Waals surface area contributed by atoms with E-state index in [-0.39, 0.29) is 11.3 Å². The monoisotopic (exact) mass is 643 g/mol. The molecule has 1 atom stereocenters. The number of amides is 1. The molecule has 3 saturated heterocycles. The Morgan fingerprint density at radius 2 is 1.52 bits per heavy atom. The molecule has 5 heterocycles. The van der Waals surface area contributed by atoms with Gasteiger partial charge in [0.25, 0.3) is 0 Å². The maximum Gasteiger partial charge on any atom is 0.490 e. The van der Waals surface area contributed by atoms with Crippen molar-refractivity contribution in [2.24, 2.45) is 5.92 Å². The first-order valence-corrected chi connectivity index (χ1v) is 13.9. The van der Waals surface area contributed by atoms with E-state index in [0.717, 1.165) is 82.4 Å². The number of hydrogen-bond donors (Lipinski definition) is 2. The molecule has 1 aromatic heterocycles. The number of ether oxygens (including phenoxy) is 2. The number of piperazine rings is 1. The number of aliphatic carboxylic acids is 2. The van der Waals surface area contributed by atoms with E-state index in [9.17, 15) is 31.1 Å². The summed E-state index contributed by atoms with van der Waals surface area (Å²) in [5, 5.41) is 14.2. The van der Waals surface area contributed by atoms with Gasteiger partial charge < -0.3 is 34.4 Å². The van der Waals surface area contributed by atoms with Crippen LogP contribution in [0.4, 0.5) is 32.3 Å². The summed E-state index contributed by atoms with van der Waals surface area (Å²) in [5.74, 6) is -3.95. The number of halogens is 6. The summed E-state index contributed by atoms with van der Waals surface area (Å²) < 4.78 is 74.9. The van der Waals surface area contributed by atoms with E-state index in [0.29, 0.717) is 32.1 Å². The summed E-state index contributed by atoms with van der Waals surface area (Å²) in [6.07, 6.45) is -4.66. The minimum Gasteiger partial charge on any atom is -0.475 e. The first-order chi connectivity index (χ1) is 20.5. The number of anilines is 1. The van der Waals surface area contributed by atoms with Crippen molar-refractivity contribution in [1.82, 2.24) is 19.8 Å². The predicted molar refractivity (Wildman–Crippen MR) is 140 cm³/mol. The molecule has 0 radical (unpaired) electrons. The normalized spacial score (nSPS) is 22.8. The minimum atomic E-state index is -5.08. The number of likely N-dealkylation sites (N-methyl/N-ethyl adjacent to an activating group) is 1. The Kier molecular flexibility index (Phi) is 11.8. The molecule has 4 aliphatic rings. The zero-order valence-electron chi connectivity index (χ0n) is 24.0. The third kappa shape index (κ3) is 9.62. The number of likely N-dealkylation sites (tertiary alicyclic amines) is 1. The van der Waals surface area contributed by atoms with Gasteiger partial charge in [0, 0.05) is 70.7 Å². The zero-order chi connectivity index (χ0) is 32.7. The fraction of sp³-hybridized carbons (Fsp3) is 0.731. The lowest BCUT2D eigenvalue weighted by molar-refractivity contribution is -0.193. The first kappa shape index (κ1) is 35.2. The lowest BCUT2D eigenvalue weighted by Gasteiger charge is -2.36. The minimum absolute atomic E-state index is 0.191. The van der Waals surface area contributed by atoms with E-state index in [1.807, 2.05) is 11.1 Å². The van der Waals surface area contributed by atoms with E-state index in [4.69, 9.17) is 34.3 Å². The number of carboxylic acid groups (broad SMARTS) is 2. The van der Waals surface area contributed by atoms with Gasteiger partial charge in [0.2, 0.25) is 11.9 Å². The molecule has 0 aliphatic carbocycles. The molecule has 18 heteroatoms. The molecule has 0 aromatic carbocycles. The van der Waals surface area contributed by atoms with Crippen LogP contribution in [0.5, 0.6) is 0 Å². The fourth-order valence-electron chi connectivity index (χ4n) is 5.27. The Balaban J connectivity index is 0.000000317. The van der Waals surface area contributed by atoms with E-state index in [2.05, 4.69) is 21.8 Å². The summed E-state index contributed by atoms with van der Waals surface area (Å²) in [5.41, 5.74) is 2.00. The summed E-state index contributed by atoms with van der Waals surface area (Å²) >= 11 is 0. The van der Waals surface area contributed by atoms with Crippen LogP contribution in [0.2, 0.25) is 0 Å². The van der Waals surface area contributed by atoms with Crippen molar-refractivity contribution >= 4 is 23.8 Å². The molecule has 2 N–H and O–H groups in total. The number of aromatic nitrogens is 2. The molecule has 0 bridgehead atoms. The summed E-state index contributed by atoms with van der Waals surface area (Å²) in [7, 11) is 2.15. The number of alkyl halides is 6. The van der Waals surface area contributed by atoms with Gasteiger partial charge in [0.1, 0.15) is 0 Å². The molecule has 248 valence electrons. The van der Waals surface area contributed by atoms with Gasteiger partial charge >= 0.3 is 24.3 Å². The molecule has 5 rings (SSSR count). The van der Waals surface area contributed by atoms with Crippen LogP contribution in [-0.4, -0.2) is 126 Å². The molecule has 12 nitrogen and oxygen atoms in total. The second-order valence-electron chi connectivity index (χ2n) is 11.0. The number of carbonyl (C=O) groups excluding carboxylic acids is 1. The van der Waals surface area contributed by atoms with Crippen LogP contribution >= 0.6 is 0 Å². The molecule has 0 saturated carbocycles. The van der Waals surface area contributed by atoms with E-state index >= 15 is 0 Å². The predicted octanol–water partition coefficient (Wildman–Crippen LogP) is 2.31. The van der Waals surface area contributed by atoms with Crippen LogP contribution in [0.3, 0.4) is 0 Å². The number of carbonyl (C=O) groups is 3. The van der Waals surface area contributed by atoms with Crippen molar-refractivity contribution in [1.29, 1.82) is 0 Å². The fourth-order valence-corrected chi connectivity index (χ4v) is 5.27. The second-order valence-corrected chi connectivity index (χ2v) is 11.0. The van der Waals surface area contributed by atoms with Crippen LogP contribution in [0, 0.1) is 5.92 Å².